The summed E-state index contributed by atoms with van der Waals surface area (Å²) in [5.41, 5.74) is 7.38. The lowest BCUT2D eigenvalue weighted by molar-refractivity contribution is -0.139. The summed E-state index contributed by atoms with van der Waals surface area (Å²) in [4.78, 5) is 25.7. The second-order valence-electron chi connectivity index (χ2n) is 7.81. The van der Waals surface area contributed by atoms with E-state index < -0.39 is 11.9 Å². The van der Waals surface area contributed by atoms with Gasteiger partial charge in [0.2, 0.25) is 5.88 Å². The fraction of sp³-hybridized carbons (Fsp3) is 0.455. The summed E-state index contributed by atoms with van der Waals surface area (Å²) in [6, 6.07) is 7.35. The molecule has 0 unspecified atom stereocenters. The summed E-state index contributed by atoms with van der Waals surface area (Å²) in [6.07, 6.45) is 0.969. The van der Waals surface area contributed by atoms with Crippen LogP contribution in [-0.2, 0) is 19.1 Å². The summed E-state index contributed by atoms with van der Waals surface area (Å²) in [6.45, 7) is 8.44. The minimum atomic E-state index is -0.609. The number of allylic oxidation sites excluding steroid dienone is 2. The topological polar surface area (TPSA) is 87.9 Å². The molecular weight excluding hydrogens is 358 g/mol. The van der Waals surface area contributed by atoms with Crippen molar-refractivity contribution < 1.29 is 23.8 Å². The zero-order valence-electron chi connectivity index (χ0n) is 16.8. The lowest BCUT2D eigenvalue weighted by Crippen LogP contribution is -2.35. The van der Waals surface area contributed by atoms with Crippen LogP contribution in [-0.4, -0.2) is 25.0 Å². The van der Waals surface area contributed by atoms with Crippen LogP contribution in [0.1, 0.15) is 52.0 Å². The molecule has 0 amide bonds. The number of esters is 1. The van der Waals surface area contributed by atoms with Gasteiger partial charge in [0.25, 0.3) is 0 Å². The van der Waals surface area contributed by atoms with Crippen molar-refractivity contribution in [1.82, 2.24) is 0 Å². The van der Waals surface area contributed by atoms with E-state index >= 15 is 0 Å². The number of hydrogen-bond donors (Lipinski definition) is 1. The molecule has 3 rings (SSSR count). The van der Waals surface area contributed by atoms with Gasteiger partial charge in [0, 0.05) is 18.4 Å². The highest BCUT2D eigenvalue weighted by Gasteiger charge is 2.44. The molecule has 1 aromatic carbocycles. The van der Waals surface area contributed by atoms with Crippen LogP contribution in [0, 0.1) is 5.41 Å². The quantitative estimate of drug-likeness (QED) is 0.780. The van der Waals surface area contributed by atoms with Gasteiger partial charge in [0.15, 0.2) is 5.78 Å². The van der Waals surface area contributed by atoms with Crippen molar-refractivity contribution in [1.29, 1.82) is 0 Å². The SMILES string of the molecule is CCOC(=O)C1=C(N)OC2=C(C(=O)CC(C)(C)C2)[C@@H]1c1ccc(OCC)cc1. The maximum Gasteiger partial charge on any atom is 0.340 e. The van der Waals surface area contributed by atoms with Gasteiger partial charge in [-0.3, -0.25) is 4.79 Å². The van der Waals surface area contributed by atoms with Gasteiger partial charge in [-0.1, -0.05) is 26.0 Å². The molecule has 0 saturated carbocycles. The van der Waals surface area contributed by atoms with Crippen LogP contribution < -0.4 is 10.5 Å². The van der Waals surface area contributed by atoms with E-state index in [2.05, 4.69) is 0 Å². The molecule has 28 heavy (non-hydrogen) atoms. The van der Waals surface area contributed by atoms with Crippen LogP contribution in [0.4, 0.5) is 0 Å². The molecule has 1 atom stereocenters. The maximum atomic E-state index is 13.1. The van der Waals surface area contributed by atoms with Crippen molar-refractivity contribution in [2.75, 3.05) is 13.2 Å². The minimum absolute atomic E-state index is 0.00147. The van der Waals surface area contributed by atoms with E-state index in [9.17, 15) is 9.59 Å². The van der Waals surface area contributed by atoms with Gasteiger partial charge < -0.3 is 19.9 Å². The lowest BCUT2D eigenvalue weighted by atomic mass is 9.70. The molecule has 0 radical (unpaired) electrons. The van der Waals surface area contributed by atoms with Crippen LogP contribution in [0.5, 0.6) is 5.75 Å². The first-order valence-corrected chi connectivity index (χ1v) is 9.61. The van der Waals surface area contributed by atoms with E-state index in [0.717, 1.165) is 11.3 Å². The Morgan fingerprint density at radius 2 is 1.86 bits per heavy atom. The predicted molar refractivity (Wildman–Crippen MR) is 104 cm³/mol. The normalized spacial score (nSPS) is 21.1. The van der Waals surface area contributed by atoms with Crippen molar-refractivity contribution in [3.63, 3.8) is 0 Å². The second kappa shape index (κ2) is 7.70. The molecule has 0 saturated heterocycles. The molecule has 0 fully saturated rings. The standard InChI is InChI=1S/C22H27NO5/c1-5-26-14-9-7-13(8-10-14)17-18-15(24)11-22(3,4)12-16(18)28-20(23)19(17)21(25)27-6-2/h7-10,17H,5-6,11-12,23H2,1-4H3/t17-/m0/s1. The number of Topliss-reactive ketones (excluding diaryl/α,β-unsaturated/α-hetero) is 1. The molecule has 1 aliphatic carbocycles. The van der Waals surface area contributed by atoms with E-state index in [1.54, 1.807) is 6.92 Å². The fourth-order valence-electron chi connectivity index (χ4n) is 3.85. The smallest absolute Gasteiger partial charge is 0.340 e. The van der Waals surface area contributed by atoms with Crippen LogP contribution in [0.25, 0.3) is 0 Å². The number of carbonyl (C=O) groups excluding carboxylic acids is 2. The Hall–Kier alpha value is -2.76. The average molecular weight is 385 g/mol. The number of nitrogens with two attached hydrogens (primary N) is 1. The molecule has 0 spiro atoms. The molecule has 1 aliphatic heterocycles. The molecule has 150 valence electrons. The van der Waals surface area contributed by atoms with E-state index in [-0.39, 0.29) is 29.3 Å². The summed E-state index contributed by atoms with van der Waals surface area (Å²) >= 11 is 0. The number of rotatable bonds is 5. The minimum Gasteiger partial charge on any atom is -0.494 e. The Morgan fingerprint density at radius 1 is 1.18 bits per heavy atom. The zero-order valence-corrected chi connectivity index (χ0v) is 16.8. The Kier molecular flexibility index (Phi) is 5.49. The lowest BCUT2D eigenvalue weighted by Gasteiger charge is -2.37. The molecule has 2 aliphatic rings. The van der Waals surface area contributed by atoms with Crippen LogP contribution >= 0.6 is 0 Å². The van der Waals surface area contributed by atoms with Gasteiger partial charge >= 0.3 is 5.97 Å². The highest BCUT2D eigenvalue weighted by atomic mass is 16.5. The van der Waals surface area contributed by atoms with E-state index in [1.165, 1.54) is 0 Å². The Bertz CT molecular complexity index is 848. The third-order valence-electron chi connectivity index (χ3n) is 4.97. The van der Waals surface area contributed by atoms with Gasteiger partial charge in [-0.2, -0.15) is 0 Å². The molecule has 1 heterocycles. The first-order valence-electron chi connectivity index (χ1n) is 9.61. The first kappa shape index (κ1) is 20.0. The number of carbonyl (C=O) groups is 2. The van der Waals surface area contributed by atoms with Crippen molar-refractivity contribution in [2.45, 2.75) is 46.5 Å². The van der Waals surface area contributed by atoms with Crippen molar-refractivity contribution in [2.24, 2.45) is 11.1 Å². The summed E-state index contributed by atoms with van der Waals surface area (Å²) < 4.78 is 16.5. The monoisotopic (exact) mass is 385 g/mol. The fourth-order valence-corrected chi connectivity index (χ4v) is 3.85. The number of ketones is 1. The molecule has 0 bridgehead atoms. The summed E-state index contributed by atoms with van der Waals surface area (Å²) in [5, 5.41) is 0. The third-order valence-corrected chi connectivity index (χ3v) is 4.97. The largest absolute Gasteiger partial charge is 0.494 e. The van der Waals surface area contributed by atoms with Crippen LogP contribution in [0.3, 0.4) is 0 Å². The third kappa shape index (κ3) is 3.77. The Morgan fingerprint density at radius 3 is 2.46 bits per heavy atom. The molecule has 6 nitrogen and oxygen atoms in total. The van der Waals surface area contributed by atoms with Gasteiger partial charge in [0.1, 0.15) is 17.1 Å². The molecule has 0 aromatic heterocycles. The number of ether oxygens (including phenoxy) is 3. The van der Waals surface area contributed by atoms with Crippen molar-refractivity contribution in [3.8, 4) is 5.75 Å². The number of benzene rings is 1. The van der Waals surface area contributed by atoms with Gasteiger partial charge in [-0.15, -0.1) is 0 Å². The Labute approximate surface area is 165 Å². The average Bonchev–Trinajstić information content (AvgIpc) is 2.60. The number of hydrogen-bond acceptors (Lipinski definition) is 6. The van der Waals surface area contributed by atoms with Gasteiger partial charge in [-0.25, -0.2) is 4.79 Å². The highest BCUT2D eigenvalue weighted by molar-refractivity contribution is 6.03. The maximum absolute atomic E-state index is 13.1. The molecular formula is C22H27NO5. The molecule has 1 aromatic rings. The summed E-state index contributed by atoms with van der Waals surface area (Å²) in [5.74, 6) is 0.0649. The van der Waals surface area contributed by atoms with Gasteiger partial charge in [0.05, 0.1) is 19.1 Å². The highest BCUT2D eigenvalue weighted by Crippen LogP contribution is 2.48. The molecule has 6 heteroatoms. The first-order chi connectivity index (χ1) is 13.3. The predicted octanol–water partition coefficient (Wildman–Crippen LogP) is 3.58. The second-order valence-corrected chi connectivity index (χ2v) is 7.81. The van der Waals surface area contributed by atoms with Gasteiger partial charge in [-0.05, 0) is 37.0 Å². The van der Waals surface area contributed by atoms with E-state index in [0.29, 0.717) is 30.8 Å². The zero-order chi connectivity index (χ0) is 20.5. The van der Waals surface area contributed by atoms with Crippen LogP contribution in [0.15, 0.2) is 47.1 Å². The molecule has 2 N–H and O–H groups in total. The summed E-state index contributed by atoms with van der Waals surface area (Å²) in [7, 11) is 0. The van der Waals surface area contributed by atoms with Crippen LogP contribution in [0.2, 0.25) is 0 Å². The van der Waals surface area contributed by atoms with E-state index in [1.807, 2.05) is 45.0 Å². The van der Waals surface area contributed by atoms with E-state index in [4.69, 9.17) is 19.9 Å². The van der Waals surface area contributed by atoms with Crippen molar-refractivity contribution in [3.05, 3.63) is 52.6 Å². The Balaban J connectivity index is 2.12. The van der Waals surface area contributed by atoms with Crippen molar-refractivity contribution >= 4 is 11.8 Å².